The van der Waals surface area contributed by atoms with E-state index in [2.05, 4.69) is 11.0 Å². The van der Waals surface area contributed by atoms with Gasteiger partial charge < -0.3 is 14.7 Å². The number of aliphatic hydroxyl groups excluding tert-OH is 1. The third kappa shape index (κ3) is 4.45. The lowest BCUT2D eigenvalue weighted by molar-refractivity contribution is -0.132. The first-order chi connectivity index (χ1) is 11.2. The van der Waals surface area contributed by atoms with Crippen LogP contribution >= 0.6 is 0 Å². The van der Waals surface area contributed by atoms with Crippen molar-refractivity contribution >= 4 is 5.91 Å². The molecule has 1 N–H and O–H groups in total. The van der Waals surface area contributed by atoms with Crippen LogP contribution in [0.25, 0.3) is 0 Å². The summed E-state index contributed by atoms with van der Waals surface area (Å²) in [4.78, 5) is 16.3. The number of nitrogens with zero attached hydrogens (tertiary/aromatic N) is 2. The van der Waals surface area contributed by atoms with Crippen molar-refractivity contribution in [3.05, 3.63) is 29.8 Å². The Morgan fingerprint density at radius 3 is 2.57 bits per heavy atom. The number of para-hydroxylation sites is 1. The van der Waals surface area contributed by atoms with E-state index >= 15 is 0 Å². The van der Waals surface area contributed by atoms with Crippen molar-refractivity contribution < 1.29 is 14.6 Å². The first kappa shape index (κ1) is 16.3. The zero-order valence-corrected chi connectivity index (χ0v) is 13.6. The molecule has 0 aliphatic carbocycles. The molecule has 5 nitrogen and oxygen atoms in total. The maximum atomic E-state index is 12.1. The maximum absolute atomic E-state index is 12.1. The number of likely N-dealkylation sites (tertiary alicyclic amines) is 2. The molecule has 0 unspecified atom stereocenters. The van der Waals surface area contributed by atoms with Gasteiger partial charge in [-0.25, -0.2) is 0 Å². The highest BCUT2D eigenvalue weighted by molar-refractivity contribution is 5.78. The van der Waals surface area contributed by atoms with Crippen LogP contribution in [-0.4, -0.2) is 59.7 Å². The van der Waals surface area contributed by atoms with Gasteiger partial charge in [0.05, 0.1) is 6.10 Å². The van der Waals surface area contributed by atoms with E-state index in [0.717, 1.165) is 69.7 Å². The molecular formula is C18H26N2O3. The van der Waals surface area contributed by atoms with Gasteiger partial charge >= 0.3 is 0 Å². The zero-order valence-electron chi connectivity index (χ0n) is 13.6. The molecule has 0 bridgehead atoms. The first-order valence-electron chi connectivity index (χ1n) is 8.61. The van der Waals surface area contributed by atoms with Crippen molar-refractivity contribution in [3.8, 4) is 5.75 Å². The number of rotatable bonds is 5. The minimum atomic E-state index is -0.157. The molecule has 0 atom stereocenters. The number of carbonyl (C=O) groups is 1. The molecule has 2 fully saturated rings. The predicted octanol–water partition coefficient (Wildman–Crippen LogP) is 1.64. The Bertz CT molecular complexity index is 521. The Kier molecular flexibility index (Phi) is 5.51. The Morgan fingerprint density at radius 1 is 1.13 bits per heavy atom. The van der Waals surface area contributed by atoms with E-state index < -0.39 is 0 Å². The van der Waals surface area contributed by atoms with Gasteiger partial charge in [0, 0.05) is 38.3 Å². The second kappa shape index (κ2) is 7.79. The largest absolute Gasteiger partial charge is 0.483 e. The van der Waals surface area contributed by atoms with E-state index in [1.54, 1.807) is 0 Å². The van der Waals surface area contributed by atoms with Gasteiger partial charge in [-0.1, -0.05) is 18.2 Å². The summed E-state index contributed by atoms with van der Waals surface area (Å²) < 4.78 is 5.81. The van der Waals surface area contributed by atoms with E-state index in [9.17, 15) is 9.90 Å². The standard InChI is InChI=1S/C18H26N2O3/c21-16-7-11-19(12-8-16)13-15-5-1-2-6-17(15)23-14-18(22)20-9-3-4-10-20/h1-2,5-6,16,21H,3-4,7-14H2. The van der Waals surface area contributed by atoms with Crippen LogP contribution in [0, 0.1) is 0 Å². The second-order valence-corrected chi connectivity index (χ2v) is 6.49. The number of aliphatic hydroxyl groups is 1. The Balaban J connectivity index is 1.55. The molecule has 2 aliphatic heterocycles. The van der Waals surface area contributed by atoms with Crippen LogP contribution in [0.5, 0.6) is 5.75 Å². The Labute approximate surface area is 137 Å². The molecule has 2 aliphatic rings. The molecule has 1 aromatic carbocycles. The van der Waals surface area contributed by atoms with Crippen LogP contribution in [0.1, 0.15) is 31.2 Å². The van der Waals surface area contributed by atoms with Crippen LogP contribution in [0.15, 0.2) is 24.3 Å². The molecule has 23 heavy (non-hydrogen) atoms. The van der Waals surface area contributed by atoms with Crippen molar-refractivity contribution in [2.24, 2.45) is 0 Å². The highest BCUT2D eigenvalue weighted by atomic mass is 16.5. The van der Waals surface area contributed by atoms with Crippen LogP contribution in [0.4, 0.5) is 0 Å². The van der Waals surface area contributed by atoms with E-state index in [1.807, 2.05) is 23.1 Å². The summed E-state index contributed by atoms with van der Waals surface area (Å²) in [6.07, 6.45) is 3.70. The van der Waals surface area contributed by atoms with Crippen molar-refractivity contribution in [1.29, 1.82) is 0 Å². The number of hydrogen-bond acceptors (Lipinski definition) is 4. The summed E-state index contributed by atoms with van der Waals surface area (Å²) >= 11 is 0. The first-order valence-corrected chi connectivity index (χ1v) is 8.61. The number of carbonyl (C=O) groups excluding carboxylic acids is 1. The topological polar surface area (TPSA) is 53.0 Å². The summed E-state index contributed by atoms with van der Waals surface area (Å²) in [7, 11) is 0. The minimum Gasteiger partial charge on any atom is -0.483 e. The second-order valence-electron chi connectivity index (χ2n) is 6.49. The highest BCUT2D eigenvalue weighted by Crippen LogP contribution is 2.22. The van der Waals surface area contributed by atoms with Gasteiger partial charge in [-0.05, 0) is 31.7 Å². The smallest absolute Gasteiger partial charge is 0.260 e. The van der Waals surface area contributed by atoms with Gasteiger partial charge in [-0.3, -0.25) is 9.69 Å². The molecule has 126 valence electrons. The van der Waals surface area contributed by atoms with Gasteiger partial charge in [0.15, 0.2) is 6.61 Å². The molecule has 0 aromatic heterocycles. The highest BCUT2D eigenvalue weighted by Gasteiger charge is 2.20. The van der Waals surface area contributed by atoms with E-state index in [0.29, 0.717) is 0 Å². The summed E-state index contributed by atoms with van der Waals surface area (Å²) in [5.41, 5.74) is 1.11. The predicted molar refractivity (Wildman–Crippen MR) is 88.3 cm³/mol. The molecule has 3 rings (SSSR count). The summed E-state index contributed by atoms with van der Waals surface area (Å²) in [6, 6.07) is 7.94. The number of amides is 1. The monoisotopic (exact) mass is 318 g/mol. The lowest BCUT2D eigenvalue weighted by atomic mass is 10.1. The third-order valence-electron chi connectivity index (χ3n) is 4.73. The number of ether oxygens (including phenoxy) is 1. The Hall–Kier alpha value is -1.59. The summed E-state index contributed by atoms with van der Waals surface area (Å²) in [6.45, 7) is 4.46. The quantitative estimate of drug-likeness (QED) is 0.897. The Morgan fingerprint density at radius 2 is 1.83 bits per heavy atom. The fraction of sp³-hybridized carbons (Fsp3) is 0.611. The van der Waals surface area contributed by atoms with Gasteiger partial charge in [-0.2, -0.15) is 0 Å². The normalized spacial score (nSPS) is 20.0. The molecule has 2 saturated heterocycles. The van der Waals surface area contributed by atoms with E-state index in [4.69, 9.17) is 4.74 Å². The van der Waals surface area contributed by atoms with Gasteiger partial charge in [0.2, 0.25) is 0 Å². The van der Waals surface area contributed by atoms with Crippen molar-refractivity contribution in [2.75, 3.05) is 32.8 Å². The third-order valence-corrected chi connectivity index (χ3v) is 4.73. The molecule has 0 radical (unpaired) electrons. The van der Waals surface area contributed by atoms with Crippen LogP contribution in [0.2, 0.25) is 0 Å². The average Bonchev–Trinajstić information content (AvgIpc) is 3.10. The zero-order chi connectivity index (χ0) is 16.1. The molecule has 1 amide bonds. The fourth-order valence-corrected chi connectivity index (χ4v) is 3.29. The van der Waals surface area contributed by atoms with Gasteiger partial charge in [0.1, 0.15) is 5.75 Å². The fourth-order valence-electron chi connectivity index (χ4n) is 3.29. The maximum Gasteiger partial charge on any atom is 0.260 e. The molecule has 1 aromatic rings. The minimum absolute atomic E-state index is 0.0818. The SMILES string of the molecule is O=C(COc1ccccc1CN1CCC(O)CC1)N1CCCC1. The number of benzene rings is 1. The summed E-state index contributed by atoms with van der Waals surface area (Å²) in [5.74, 6) is 0.879. The van der Waals surface area contributed by atoms with E-state index in [-0.39, 0.29) is 18.6 Å². The molecule has 0 spiro atoms. The number of hydrogen-bond donors (Lipinski definition) is 1. The molecule has 5 heteroatoms. The van der Waals surface area contributed by atoms with Crippen molar-refractivity contribution in [3.63, 3.8) is 0 Å². The van der Waals surface area contributed by atoms with Crippen molar-refractivity contribution in [2.45, 2.75) is 38.3 Å². The summed E-state index contributed by atoms with van der Waals surface area (Å²) in [5, 5.41) is 9.60. The lowest BCUT2D eigenvalue weighted by Gasteiger charge is -2.30. The van der Waals surface area contributed by atoms with Crippen LogP contribution < -0.4 is 4.74 Å². The molecular weight excluding hydrogens is 292 g/mol. The lowest BCUT2D eigenvalue weighted by Crippen LogP contribution is -2.35. The van der Waals surface area contributed by atoms with Crippen LogP contribution in [0.3, 0.4) is 0 Å². The van der Waals surface area contributed by atoms with Gasteiger partial charge in [0.25, 0.3) is 5.91 Å². The average molecular weight is 318 g/mol. The van der Waals surface area contributed by atoms with Crippen LogP contribution in [-0.2, 0) is 11.3 Å². The molecule has 2 heterocycles. The van der Waals surface area contributed by atoms with Crippen molar-refractivity contribution in [1.82, 2.24) is 9.80 Å². The molecule has 0 saturated carbocycles. The number of piperidine rings is 1. The van der Waals surface area contributed by atoms with Gasteiger partial charge in [-0.15, -0.1) is 0 Å². The van der Waals surface area contributed by atoms with E-state index in [1.165, 1.54) is 0 Å².